The molecule has 2 amide bonds. The first-order valence-corrected chi connectivity index (χ1v) is 15.4. The van der Waals surface area contributed by atoms with Crippen LogP contribution in [0.1, 0.15) is 43.7 Å². The van der Waals surface area contributed by atoms with Crippen molar-refractivity contribution in [1.82, 2.24) is 10.2 Å². The molecule has 0 spiro atoms. The normalized spacial score (nSPS) is 14.5. The summed E-state index contributed by atoms with van der Waals surface area (Å²) in [6, 6.07) is 19.0. The second-order valence-electron chi connectivity index (χ2n) is 10.1. The van der Waals surface area contributed by atoms with Gasteiger partial charge >= 0.3 is 0 Å². The highest BCUT2D eigenvalue weighted by Crippen LogP contribution is 2.27. The summed E-state index contributed by atoms with van der Waals surface area (Å²) in [5, 5.41) is 3.90. The van der Waals surface area contributed by atoms with Crippen molar-refractivity contribution in [2.24, 2.45) is 0 Å². The molecule has 0 bridgehead atoms. The summed E-state index contributed by atoms with van der Waals surface area (Å²) in [5.41, 5.74) is 1.92. The number of carbonyl (C=O) groups is 2. The molecule has 1 unspecified atom stereocenters. The molecule has 0 aliphatic heterocycles. The molecular formula is C30H33Cl2N3O4S. The zero-order chi connectivity index (χ0) is 28.9. The van der Waals surface area contributed by atoms with Gasteiger partial charge in [0.25, 0.3) is 10.0 Å². The van der Waals surface area contributed by atoms with E-state index in [2.05, 4.69) is 5.32 Å². The van der Waals surface area contributed by atoms with Gasteiger partial charge in [-0.1, -0.05) is 71.9 Å². The largest absolute Gasteiger partial charge is 0.352 e. The maximum absolute atomic E-state index is 14.0. The molecule has 1 atom stereocenters. The van der Waals surface area contributed by atoms with E-state index >= 15 is 0 Å². The van der Waals surface area contributed by atoms with Gasteiger partial charge in [-0.2, -0.15) is 0 Å². The Labute approximate surface area is 246 Å². The van der Waals surface area contributed by atoms with Crippen LogP contribution in [0.5, 0.6) is 0 Å². The number of nitrogens with one attached hydrogen (secondary N) is 1. The lowest BCUT2D eigenvalue weighted by molar-refractivity contribution is -0.139. The van der Waals surface area contributed by atoms with Crippen LogP contribution in [0.25, 0.3) is 0 Å². The summed E-state index contributed by atoms with van der Waals surface area (Å²) in [6.45, 7) is 3.08. The summed E-state index contributed by atoms with van der Waals surface area (Å²) in [7, 11) is -4.16. The van der Waals surface area contributed by atoms with Crippen LogP contribution in [-0.2, 0) is 26.2 Å². The third-order valence-corrected chi connectivity index (χ3v) is 9.58. The van der Waals surface area contributed by atoms with Gasteiger partial charge < -0.3 is 10.2 Å². The molecule has 1 aliphatic rings. The number of halogens is 2. The molecule has 1 fully saturated rings. The number of anilines is 1. The fourth-order valence-corrected chi connectivity index (χ4v) is 6.49. The average molecular weight is 603 g/mol. The monoisotopic (exact) mass is 601 g/mol. The van der Waals surface area contributed by atoms with Crippen LogP contribution in [0, 0.1) is 6.92 Å². The van der Waals surface area contributed by atoms with Gasteiger partial charge in [0.1, 0.15) is 12.6 Å². The number of sulfonamides is 1. The molecule has 0 heterocycles. The van der Waals surface area contributed by atoms with Crippen LogP contribution in [0.3, 0.4) is 0 Å². The van der Waals surface area contributed by atoms with Crippen LogP contribution in [0.2, 0.25) is 10.0 Å². The zero-order valence-electron chi connectivity index (χ0n) is 22.5. The molecule has 40 heavy (non-hydrogen) atoms. The molecule has 3 aromatic carbocycles. The van der Waals surface area contributed by atoms with E-state index in [4.69, 9.17) is 23.2 Å². The first-order valence-electron chi connectivity index (χ1n) is 13.2. The highest BCUT2D eigenvalue weighted by Gasteiger charge is 2.33. The van der Waals surface area contributed by atoms with E-state index in [9.17, 15) is 18.0 Å². The second-order valence-corrected chi connectivity index (χ2v) is 12.8. The van der Waals surface area contributed by atoms with Gasteiger partial charge in [0.15, 0.2) is 0 Å². The molecule has 212 valence electrons. The Kier molecular flexibility index (Phi) is 9.77. The minimum absolute atomic E-state index is 0.00467. The minimum atomic E-state index is -4.16. The first-order chi connectivity index (χ1) is 19.1. The van der Waals surface area contributed by atoms with E-state index in [1.54, 1.807) is 55.5 Å². The molecule has 7 nitrogen and oxygen atoms in total. The molecular weight excluding hydrogens is 569 g/mol. The Balaban J connectivity index is 1.69. The maximum Gasteiger partial charge on any atom is 0.264 e. The van der Waals surface area contributed by atoms with Crippen molar-refractivity contribution in [3.63, 3.8) is 0 Å². The number of hydrogen-bond donors (Lipinski definition) is 1. The lowest BCUT2D eigenvalue weighted by atomic mass is 10.1. The van der Waals surface area contributed by atoms with E-state index in [-0.39, 0.29) is 23.4 Å². The highest BCUT2D eigenvalue weighted by molar-refractivity contribution is 7.92. The number of hydrogen-bond acceptors (Lipinski definition) is 4. The first kappa shape index (κ1) is 29.9. The summed E-state index contributed by atoms with van der Waals surface area (Å²) in [4.78, 5) is 28.7. The number of benzene rings is 3. The molecule has 0 radical (unpaired) electrons. The molecule has 1 aliphatic carbocycles. The molecule has 1 N–H and O–H groups in total. The molecule has 1 saturated carbocycles. The van der Waals surface area contributed by atoms with Gasteiger partial charge in [-0.25, -0.2) is 8.42 Å². The van der Waals surface area contributed by atoms with Crippen molar-refractivity contribution >= 4 is 50.7 Å². The number of aryl methyl sites for hydroxylation is 1. The third-order valence-electron chi connectivity index (χ3n) is 7.17. The summed E-state index contributed by atoms with van der Waals surface area (Å²) in [6.07, 6.45) is 3.90. The lowest BCUT2D eigenvalue weighted by Gasteiger charge is -2.32. The molecule has 3 aromatic rings. The Morgan fingerprint density at radius 2 is 1.57 bits per heavy atom. The van der Waals surface area contributed by atoms with Crippen molar-refractivity contribution in [1.29, 1.82) is 0 Å². The molecule has 0 saturated heterocycles. The lowest BCUT2D eigenvalue weighted by Crippen LogP contribution is -2.52. The van der Waals surface area contributed by atoms with Crippen LogP contribution in [-0.4, -0.2) is 43.8 Å². The Morgan fingerprint density at radius 1 is 0.950 bits per heavy atom. The minimum Gasteiger partial charge on any atom is -0.352 e. The van der Waals surface area contributed by atoms with Crippen molar-refractivity contribution in [3.8, 4) is 0 Å². The summed E-state index contributed by atoms with van der Waals surface area (Å²) < 4.78 is 28.8. The van der Waals surface area contributed by atoms with E-state index in [0.29, 0.717) is 21.3 Å². The average Bonchev–Trinajstić information content (AvgIpc) is 3.44. The Bertz CT molecular complexity index is 1440. The van der Waals surface area contributed by atoms with Crippen LogP contribution >= 0.6 is 23.2 Å². The maximum atomic E-state index is 14.0. The second kappa shape index (κ2) is 13.1. The topological polar surface area (TPSA) is 86.8 Å². The number of carbonyl (C=O) groups excluding carboxylic acids is 2. The van der Waals surface area contributed by atoms with Crippen LogP contribution in [0.15, 0.2) is 77.7 Å². The predicted molar refractivity (Wildman–Crippen MR) is 159 cm³/mol. The third kappa shape index (κ3) is 7.16. The van der Waals surface area contributed by atoms with E-state index in [1.807, 2.05) is 6.92 Å². The van der Waals surface area contributed by atoms with E-state index in [1.165, 1.54) is 29.2 Å². The fourth-order valence-electron chi connectivity index (χ4n) is 4.76. The van der Waals surface area contributed by atoms with Crippen LogP contribution in [0.4, 0.5) is 5.69 Å². The molecule has 4 rings (SSSR count). The quantitative estimate of drug-likeness (QED) is 0.310. The molecule has 10 heteroatoms. The van der Waals surface area contributed by atoms with E-state index < -0.39 is 28.5 Å². The smallest absolute Gasteiger partial charge is 0.264 e. The highest BCUT2D eigenvalue weighted by atomic mass is 35.5. The number of rotatable bonds is 10. The Morgan fingerprint density at radius 3 is 2.20 bits per heavy atom. The Hall–Kier alpha value is -3.07. The van der Waals surface area contributed by atoms with Crippen molar-refractivity contribution in [3.05, 3.63) is 94.0 Å². The number of nitrogens with zero attached hydrogens (tertiary/aromatic N) is 2. The van der Waals surface area contributed by atoms with Crippen molar-refractivity contribution in [2.75, 3.05) is 10.8 Å². The molecule has 0 aromatic heterocycles. The van der Waals surface area contributed by atoms with E-state index in [0.717, 1.165) is 35.6 Å². The number of amides is 2. The van der Waals surface area contributed by atoms with Gasteiger partial charge in [-0.15, -0.1) is 0 Å². The van der Waals surface area contributed by atoms with Gasteiger partial charge in [0.05, 0.1) is 10.6 Å². The SMILES string of the molecule is Cc1ccc(N(CC(=O)N(Cc2ccccc2Cl)C(C)C(=O)NC2CCCC2)S(=O)(=O)c2ccc(Cl)cc2)cc1. The standard InChI is InChI=1S/C30H33Cl2N3O4S/c1-21-11-15-26(16-12-21)35(40(38,39)27-17-13-24(31)14-18-27)20-29(36)34(19-23-7-3-6-10-28(23)32)22(2)30(37)33-25-8-4-5-9-25/h3,6-7,10-18,22,25H,4-5,8-9,19-20H2,1-2H3,(H,33,37). The van der Waals surface area contributed by atoms with Gasteiger partial charge in [0, 0.05) is 22.6 Å². The van der Waals surface area contributed by atoms with Gasteiger partial charge in [0.2, 0.25) is 11.8 Å². The zero-order valence-corrected chi connectivity index (χ0v) is 24.8. The summed E-state index contributed by atoms with van der Waals surface area (Å²) >= 11 is 12.4. The van der Waals surface area contributed by atoms with Crippen molar-refractivity contribution < 1.29 is 18.0 Å². The predicted octanol–water partition coefficient (Wildman–Crippen LogP) is 5.97. The van der Waals surface area contributed by atoms with Gasteiger partial charge in [-0.05, 0) is 74.7 Å². The summed E-state index contributed by atoms with van der Waals surface area (Å²) in [5.74, 6) is -0.818. The van der Waals surface area contributed by atoms with Crippen LogP contribution < -0.4 is 9.62 Å². The fraction of sp³-hybridized carbons (Fsp3) is 0.333. The van der Waals surface area contributed by atoms with Crippen molar-refractivity contribution in [2.45, 2.75) is 63.1 Å². The van der Waals surface area contributed by atoms with Gasteiger partial charge in [-0.3, -0.25) is 13.9 Å².